The van der Waals surface area contributed by atoms with Crippen LogP contribution in [0, 0.1) is 11.3 Å². The molecule has 5 nitrogen and oxygen atoms in total. The maximum absolute atomic E-state index is 8.74. The van der Waals surface area contributed by atoms with E-state index in [1.807, 2.05) is 17.7 Å². The molecule has 2 rings (SSSR count). The first kappa shape index (κ1) is 12.4. The fourth-order valence-electron chi connectivity index (χ4n) is 2.04. The number of pyridine rings is 1. The van der Waals surface area contributed by atoms with E-state index in [1.165, 1.54) is 0 Å². The van der Waals surface area contributed by atoms with Gasteiger partial charge in [0.15, 0.2) is 5.82 Å². The third-order valence-corrected chi connectivity index (χ3v) is 2.98. The van der Waals surface area contributed by atoms with Crippen LogP contribution in [-0.4, -0.2) is 27.1 Å². The highest BCUT2D eigenvalue weighted by atomic mass is 15.2. The van der Waals surface area contributed by atoms with Gasteiger partial charge in [-0.25, -0.2) is 9.97 Å². The molecule has 0 unspecified atom stereocenters. The zero-order chi connectivity index (χ0) is 13.1. The smallest absolute Gasteiger partial charge is 0.157 e. The van der Waals surface area contributed by atoms with Gasteiger partial charge >= 0.3 is 0 Å². The topological polar surface area (TPSA) is 57.7 Å². The molecule has 0 aliphatic heterocycles. The van der Waals surface area contributed by atoms with Gasteiger partial charge in [-0.1, -0.05) is 0 Å². The number of aryl methyl sites for hydroxylation is 1. The Morgan fingerprint density at radius 3 is 2.89 bits per heavy atom. The van der Waals surface area contributed by atoms with Crippen molar-refractivity contribution >= 4 is 16.9 Å². The summed E-state index contributed by atoms with van der Waals surface area (Å²) < 4.78 is 1.98. The van der Waals surface area contributed by atoms with Crippen molar-refractivity contribution in [3.05, 3.63) is 18.6 Å². The van der Waals surface area contributed by atoms with E-state index < -0.39 is 0 Å². The molecular formula is C13H17N5. The molecule has 0 aliphatic carbocycles. The summed E-state index contributed by atoms with van der Waals surface area (Å²) in [7, 11) is 1.97. The molecule has 94 valence electrons. The van der Waals surface area contributed by atoms with Gasteiger partial charge in [-0.05, 0) is 19.9 Å². The highest BCUT2D eigenvalue weighted by Crippen LogP contribution is 2.24. The molecule has 2 heterocycles. The number of hydrogen-bond acceptors (Lipinski definition) is 4. The van der Waals surface area contributed by atoms with Gasteiger partial charge in [-0.2, -0.15) is 5.26 Å². The molecule has 0 spiro atoms. The van der Waals surface area contributed by atoms with Crippen LogP contribution in [0.3, 0.4) is 0 Å². The lowest BCUT2D eigenvalue weighted by atomic mass is 10.2. The molecule has 0 amide bonds. The molecule has 0 atom stereocenters. The summed E-state index contributed by atoms with van der Waals surface area (Å²) >= 11 is 0. The molecule has 0 N–H and O–H groups in total. The van der Waals surface area contributed by atoms with Gasteiger partial charge in [-0.15, -0.1) is 0 Å². The van der Waals surface area contributed by atoms with Crippen LogP contribution in [-0.2, 0) is 7.05 Å². The van der Waals surface area contributed by atoms with Crippen LogP contribution in [0.25, 0.3) is 11.0 Å². The molecular weight excluding hydrogens is 226 g/mol. The molecule has 0 aliphatic rings. The highest BCUT2D eigenvalue weighted by molar-refractivity contribution is 5.86. The van der Waals surface area contributed by atoms with Crippen molar-refractivity contribution in [1.29, 1.82) is 5.26 Å². The Bertz CT molecular complexity index is 579. The number of anilines is 1. The minimum absolute atomic E-state index is 0.290. The summed E-state index contributed by atoms with van der Waals surface area (Å²) in [4.78, 5) is 11.0. The molecule has 18 heavy (non-hydrogen) atoms. The van der Waals surface area contributed by atoms with Crippen LogP contribution >= 0.6 is 0 Å². The molecule has 0 saturated heterocycles. The highest BCUT2D eigenvalue weighted by Gasteiger charge is 2.16. The predicted molar refractivity (Wildman–Crippen MR) is 71.2 cm³/mol. The molecule has 0 fully saturated rings. The van der Waals surface area contributed by atoms with Crippen molar-refractivity contribution in [2.45, 2.75) is 26.3 Å². The standard InChI is InChI=1S/C13H17N5/c1-10(2)18(8-4-6-14)13-12-11(5-7-15-13)17(3)9-16-12/h5,7,9-10H,4,8H2,1-3H3. The van der Waals surface area contributed by atoms with Crippen LogP contribution in [0.4, 0.5) is 5.82 Å². The van der Waals surface area contributed by atoms with Gasteiger partial charge in [0.05, 0.1) is 24.3 Å². The first-order chi connectivity index (χ1) is 8.65. The Morgan fingerprint density at radius 1 is 1.44 bits per heavy atom. The average Bonchev–Trinajstić information content (AvgIpc) is 2.72. The quantitative estimate of drug-likeness (QED) is 0.825. The third kappa shape index (κ3) is 2.14. The third-order valence-electron chi connectivity index (χ3n) is 2.98. The van der Waals surface area contributed by atoms with E-state index in [-0.39, 0.29) is 0 Å². The summed E-state index contributed by atoms with van der Waals surface area (Å²) in [6.07, 6.45) is 4.07. The average molecular weight is 243 g/mol. The number of rotatable bonds is 4. The number of nitriles is 1. The summed E-state index contributed by atoms with van der Waals surface area (Å²) in [6, 6.07) is 4.42. The van der Waals surface area contributed by atoms with E-state index in [0.717, 1.165) is 16.9 Å². The summed E-state index contributed by atoms with van der Waals surface area (Å²) in [5, 5.41) is 8.74. The summed E-state index contributed by atoms with van der Waals surface area (Å²) in [5.74, 6) is 0.860. The molecule has 2 aromatic rings. The first-order valence-corrected chi connectivity index (χ1v) is 6.04. The second-order valence-corrected chi connectivity index (χ2v) is 4.55. The summed E-state index contributed by atoms with van der Waals surface area (Å²) in [5.41, 5.74) is 1.95. The van der Waals surface area contributed by atoms with Gasteiger partial charge in [0.2, 0.25) is 0 Å². The van der Waals surface area contributed by atoms with Gasteiger partial charge in [0.25, 0.3) is 0 Å². The van der Waals surface area contributed by atoms with Crippen LogP contribution in [0.5, 0.6) is 0 Å². The largest absolute Gasteiger partial charge is 0.351 e. The number of imidazole rings is 1. The van der Waals surface area contributed by atoms with Crippen LogP contribution in [0.2, 0.25) is 0 Å². The Balaban J connectivity index is 2.47. The number of aromatic nitrogens is 3. The van der Waals surface area contributed by atoms with E-state index in [9.17, 15) is 0 Å². The molecule has 0 saturated carbocycles. The predicted octanol–water partition coefficient (Wildman–Crippen LogP) is 2.10. The summed E-state index contributed by atoms with van der Waals surface area (Å²) in [6.45, 7) is 4.87. The van der Waals surface area contributed by atoms with Gasteiger partial charge in [-0.3, -0.25) is 0 Å². The zero-order valence-corrected chi connectivity index (χ0v) is 11.0. The van der Waals surface area contributed by atoms with Gasteiger partial charge in [0, 0.05) is 25.8 Å². The SMILES string of the molecule is CC(C)N(CCC#N)c1nccc2c1ncn2C. The maximum Gasteiger partial charge on any atom is 0.157 e. The van der Waals surface area contributed by atoms with Crippen LogP contribution in [0.1, 0.15) is 20.3 Å². The fourth-order valence-corrected chi connectivity index (χ4v) is 2.04. The van der Waals surface area contributed by atoms with E-state index in [1.54, 1.807) is 12.5 Å². The molecule has 5 heteroatoms. The first-order valence-electron chi connectivity index (χ1n) is 6.04. The molecule has 0 aromatic carbocycles. The van der Waals surface area contributed by atoms with E-state index in [0.29, 0.717) is 19.0 Å². The van der Waals surface area contributed by atoms with E-state index in [2.05, 4.69) is 34.8 Å². The van der Waals surface area contributed by atoms with Crippen LogP contribution in [0.15, 0.2) is 18.6 Å². The van der Waals surface area contributed by atoms with Crippen molar-refractivity contribution in [3.8, 4) is 6.07 Å². The minimum atomic E-state index is 0.290. The lowest BCUT2D eigenvalue weighted by molar-refractivity contribution is 0.679. The van der Waals surface area contributed by atoms with Crippen molar-refractivity contribution < 1.29 is 0 Å². The zero-order valence-electron chi connectivity index (χ0n) is 11.0. The van der Waals surface area contributed by atoms with E-state index in [4.69, 9.17) is 5.26 Å². The fraction of sp³-hybridized carbons (Fsp3) is 0.462. The van der Waals surface area contributed by atoms with E-state index >= 15 is 0 Å². The van der Waals surface area contributed by atoms with Crippen molar-refractivity contribution in [3.63, 3.8) is 0 Å². The number of fused-ring (bicyclic) bond motifs is 1. The number of hydrogen-bond donors (Lipinski definition) is 0. The normalized spacial score (nSPS) is 10.8. The lowest BCUT2D eigenvalue weighted by Crippen LogP contribution is -2.32. The minimum Gasteiger partial charge on any atom is -0.351 e. The van der Waals surface area contributed by atoms with Crippen molar-refractivity contribution in [1.82, 2.24) is 14.5 Å². The Labute approximate surface area is 107 Å². The second-order valence-electron chi connectivity index (χ2n) is 4.55. The van der Waals surface area contributed by atoms with Crippen molar-refractivity contribution in [2.24, 2.45) is 7.05 Å². The van der Waals surface area contributed by atoms with Gasteiger partial charge < -0.3 is 9.47 Å². The number of nitrogens with zero attached hydrogens (tertiary/aromatic N) is 5. The monoisotopic (exact) mass is 243 g/mol. The lowest BCUT2D eigenvalue weighted by Gasteiger charge is -2.27. The maximum atomic E-state index is 8.74. The van der Waals surface area contributed by atoms with Gasteiger partial charge in [0.1, 0.15) is 5.52 Å². The Morgan fingerprint density at radius 2 is 2.22 bits per heavy atom. The molecule has 0 radical (unpaired) electrons. The molecule has 2 aromatic heterocycles. The second kappa shape index (κ2) is 5.05. The molecule has 0 bridgehead atoms. The Kier molecular flexibility index (Phi) is 3.47. The van der Waals surface area contributed by atoms with Crippen LogP contribution < -0.4 is 4.90 Å². The van der Waals surface area contributed by atoms with Crippen molar-refractivity contribution in [2.75, 3.05) is 11.4 Å². The Hall–Kier alpha value is -2.09.